The third-order valence-corrected chi connectivity index (χ3v) is 6.36. The van der Waals surface area contributed by atoms with E-state index in [1.807, 2.05) is 18.2 Å². The van der Waals surface area contributed by atoms with Gasteiger partial charge in [-0.2, -0.15) is 0 Å². The average molecular weight is 413 g/mol. The van der Waals surface area contributed by atoms with Crippen molar-refractivity contribution in [2.45, 2.75) is 43.7 Å². The SMILES string of the molecule is CN=C(NCC1(c2cccc(F)c2)CC1)NC1CCN(Cc2ccc(F)cc2)CC1. The summed E-state index contributed by atoms with van der Waals surface area (Å²) in [5.74, 6) is 0.453. The van der Waals surface area contributed by atoms with Gasteiger partial charge in [0.2, 0.25) is 0 Å². The molecule has 6 heteroatoms. The highest BCUT2D eigenvalue weighted by Crippen LogP contribution is 2.47. The Kier molecular flexibility index (Phi) is 6.32. The maximum atomic E-state index is 13.6. The van der Waals surface area contributed by atoms with Gasteiger partial charge in [-0.1, -0.05) is 24.3 Å². The number of likely N-dealkylation sites (tertiary alicyclic amines) is 1. The molecule has 0 spiro atoms. The lowest BCUT2D eigenvalue weighted by Gasteiger charge is -2.33. The van der Waals surface area contributed by atoms with Crippen LogP contribution in [0.2, 0.25) is 0 Å². The summed E-state index contributed by atoms with van der Waals surface area (Å²) in [6.45, 7) is 3.62. The van der Waals surface area contributed by atoms with Gasteiger partial charge < -0.3 is 10.6 Å². The van der Waals surface area contributed by atoms with Crippen LogP contribution in [0.3, 0.4) is 0 Å². The Morgan fingerprint density at radius 1 is 1.07 bits per heavy atom. The van der Waals surface area contributed by atoms with Gasteiger partial charge in [0.05, 0.1) is 0 Å². The largest absolute Gasteiger partial charge is 0.356 e. The number of aliphatic imine (C=N–C) groups is 1. The van der Waals surface area contributed by atoms with Crippen molar-refractivity contribution in [1.82, 2.24) is 15.5 Å². The molecule has 0 bridgehead atoms. The topological polar surface area (TPSA) is 39.7 Å². The van der Waals surface area contributed by atoms with E-state index in [4.69, 9.17) is 0 Å². The van der Waals surface area contributed by atoms with Crippen LogP contribution >= 0.6 is 0 Å². The number of guanidine groups is 1. The van der Waals surface area contributed by atoms with Crippen LogP contribution in [0.4, 0.5) is 8.78 Å². The maximum Gasteiger partial charge on any atom is 0.191 e. The van der Waals surface area contributed by atoms with Crippen molar-refractivity contribution in [2.24, 2.45) is 4.99 Å². The van der Waals surface area contributed by atoms with E-state index in [1.165, 1.54) is 18.2 Å². The molecule has 2 fully saturated rings. The van der Waals surface area contributed by atoms with Crippen molar-refractivity contribution >= 4 is 5.96 Å². The normalized spacial score (nSPS) is 19.5. The average Bonchev–Trinajstić information content (AvgIpc) is 3.55. The van der Waals surface area contributed by atoms with Gasteiger partial charge in [0.1, 0.15) is 11.6 Å². The Labute approximate surface area is 177 Å². The van der Waals surface area contributed by atoms with E-state index in [0.29, 0.717) is 6.04 Å². The highest BCUT2D eigenvalue weighted by atomic mass is 19.1. The molecule has 2 N–H and O–H groups in total. The summed E-state index contributed by atoms with van der Waals surface area (Å²) in [4.78, 5) is 6.80. The van der Waals surface area contributed by atoms with Crippen LogP contribution in [0.1, 0.15) is 36.8 Å². The Bertz CT molecular complexity index is 869. The minimum atomic E-state index is -0.189. The molecular weight excluding hydrogens is 382 g/mol. The molecule has 0 aromatic heterocycles. The zero-order valence-electron chi connectivity index (χ0n) is 17.5. The molecule has 2 aliphatic rings. The molecule has 30 heavy (non-hydrogen) atoms. The fourth-order valence-electron chi connectivity index (χ4n) is 4.26. The van der Waals surface area contributed by atoms with E-state index >= 15 is 0 Å². The van der Waals surface area contributed by atoms with Gasteiger partial charge in [-0.3, -0.25) is 9.89 Å². The summed E-state index contributed by atoms with van der Waals surface area (Å²) in [6, 6.07) is 14.1. The van der Waals surface area contributed by atoms with Crippen LogP contribution < -0.4 is 10.6 Å². The summed E-state index contributed by atoms with van der Waals surface area (Å²) in [6.07, 6.45) is 4.22. The number of piperidine rings is 1. The molecular formula is C24H30F2N4. The fraction of sp³-hybridized carbons (Fsp3) is 0.458. The third-order valence-electron chi connectivity index (χ3n) is 6.36. The van der Waals surface area contributed by atoms with E-state index in [1.54, 1.807) is 19.2 Å². The second-order valence-corrected chi connectivity index (χ2v) is 8.54. The van der Waals surface area contributed by atoms with E-state index in [0.717, 1.165) is 68.9 Å². The molecule has 0 atom stereocenters. The molecule has 1 heterocycles. The molecule has 4 nitrogen and oxygen atoms in total. The molecule has 160 valence electrons. The predicted molar refractivity (Wildman–Crippen MR) is 117 cm³/mol. The molecule has 1 saturated heterocycles. The molecule has 1 aliphatic heterocycles. The first-order valence-electron chi connectivity index (χ1n) is 10.8. The summed E-state index contributed by atoms with van der Waals surface area (Å²) in [5.41, 5.74) is 2.24. The molecule has 1 aliphatic carbocycles. The lowest BCUT2D eigenvalue weighted by Crippen LogP contribution is -2.49. The highest BCUT2D eigenvalue weighted by molar-refractivity contribution is 5.80. The van der Waals surface area contributed by atoms with Crippen molar-refractivity contribution in [3.63, 3.8) is 0 Å². The highest BCUT2D eigenvalue weighted by Gasteiger charge is 2.44. The Hall–Kier alpha value is -2.47. The number of hydrogen-bond donors (Lipinski definition) is 2. The van der Waals surface area contributed by atoms with Crippen LogP contribution in [0, 0.1) is 11.6 Å². The summed E-state index contributed by atoms with van der Waals surface area (Å²) < 4.78 is 26.7. The quantitative estimate of drug-likeness (QED) is 0.560. The molecule has 1 saturated carbocycles. The van der Waals surface area contributed by atoms with Crippen LogP contribution in [0.25, 0.3) is 0 Å². The molecule has 0 amide bonds. The van der Waals surface area contributed by atoms with Crippen molar-refractivity contribution in [1.29, 1.82) is 0 Å². The second-order valence-electron chi connectivity index (χ2n) is 8.54. The molecule has 2 aromatic rings. The summed E-state index contributed by atoms with van der Waals surface area (Å²) >= 11 is 0. The fourth-order valence-corrected chi connectivity index (χ4v) is 4.26. The maximum absolute atomic E-state index is 13.6. The van der Waals surface area contributed by atoms with Crippen LogP contribution in [0.5, 0.6) is 0 Å². The smallest absolute Gasteiger partial charge is 0.191 e. The first kappa shape index (κ1) is 20.8. The Morgan fingerprint density at radius 2 is 1.80 bits per heavy atom. The van der Waals surface area contributed by atoms with Crippen molar-refractivity contribution in [2.75, 3.05) is 26.7 Å². The molecule has 4 rings (SSSR count). The van der Waals surface area contributed by atoms with Crippen molar-refractivity contribution in [3.05, 3.63) is 71.3 Å². The van der Waals surface area contributed by atoms with Crippen molar-refractivity contribution in [3.8, 4) is 0 Å². The number of hydrogen-bond acceptors (Lipinski definition) is 2. The van der Waals surface area contributed by atoms with Crippen LogP contribution in [-0.2, 0) is 12.0 Å². The lowest BCUT2D eigenvalue weighted by atomic mass is 9.96. The van der Waals surface area contributed by atoms with Gasteiger partial charge >= 0.3 is 0 Å². The third kappa shape index (κ3) is 5.17. The van der Waals surface area contributed by atoms with Gasteiger partial charge in [0.25, 0.3) is 0 Å². The number of benzene rings is 2. The number of halogens is 2. The van der Waals surface area contributed by atoms with Gasteiger partial charge in [-0.25, -0.2) is 8.78 Å². The van der Waals surface area contributed by atoms with Gasteiger partial charge in [-0.05, 0) is 61.1 Å². The Balaban J connectivity index is 1.24. The van der Waals surface area contributed by atoms with Crippen molar-refractivity contribution < 1.29 is 8.78 Å². The number of rotatable bonds is 6. The van der Waals surface area contributed by atoms with E-state index in [9.17, 15) is 8.78 Å². The minimum Gasteiger partial charge on any atom is -0.356 e. The lowest BCUT2D eigenvalue weighted by molar-refractivity contribution is 0.198. The van der Waals surface area contributed by atoms with Gasteiger partial charge in [0, 0.05) is 44.7 Å². The van der Waals surface area contributed by atoms with Crippen LogP contribution in [0.15, 0.2) is 53.5 Å². The first-order chi connectivity index (χ1) is 14.6. The van der Waals surface area contributed by atoms with Gasteiger partial charge in [0.15, 0.2) is 5.96 Å². The second kappa shape index (κ2) is 9.13. The standard InChI is InChI=1S/C24H30F2N4/c1-27-23(28-17-24(11-12-24)19-3-2-4-21(26)15-19)29-22-9-13-30(14-10-22)16-18-5-7-20(25)8-6-18/h2-8,15,22H,9-14,16-17H2,1H3,(H2,27,28,29). The molecule has 0 unspecified atom stereocenters. The number of nitrogens with zero attached hydrogens (tertiary/aromatic N) is 2. The van der Waals surface area contributed by atoms with Gasteiger partial charge in [-0.15, -0.1) is 0 Å². The first-order valence-corrected chi connectivity index (χ1v) is 10.8. The molecule has 0 radical (unpaired) electrons. The Morgan fingerprint density at radius 3 is 2.43 bits per heavy atom. The van der Waals surface area contributed by atoms with E-state index in [-0.39, 0.29) is 17.0 Å². The monoisotopic (exact) mass is 412 g/mol. The molecule has 2 aromatic carbocycles. The number of nitrogens with one attached hydrogen (secondary N) is 2. The summed E-state index contributed by atoms with van der Waals surface area (Å²) in [5, 5.41) is 7.01. The summed E-state index contributed by atoms with van der Waals surface area (Å²) in [7, 11) is 1.79. The van der Waals surface area contributed by atoms with Crippen LogP contribution in [-0.4, -0.2) is 43.6 Å². The van der Waals surface area contributed by atoms with E-state index < -0.39 is 0 Å². The minimum absolute atomic E-state index is 0.0260. The zero-order chi connectivity index (χ0) is 21.0. The predicted octanol–water partition coefficient (Wildman–Crippen LogP) is 3.83. The zero-order valence-corrected chi connectivity index (χ0v) is 17.5. The van der Waals surface area contributed by atoms with E-state index in [2.05, 4.69) is 20.5 Å².